The van der Waals surface area contributed by atoms with Crippen LogP contribution < -0.4 is 20.7 Å². The molecule has 0 aliphatic carbocycles. The van der Waals surface area contributed by atoms with E-state index in [9.17, 15) is 9.59 Å². The molecule has 0 bridgehead atoms. The van der Waals surface area contributed by atoms with E-state index >= 15 is 0 Å². The molecule has 1 aliphatic rings. The largest absolute Gasteiger partial charge is 0.454 e. The van der Waals surface area contributed by atoms with Crippen LogP contribution in [0.4, 0.5) is 0 Å². The van der Waals surface area contributed by atoms with Gasteiger partial charge in [-0.2, -0.15) is 0 Å². The fourth-order valence-electron chi connectivity index (χ4n) is 3.20. The molecule has 136 valence electrons. The Balaban J connectivity index is 1.85. The van der Waals surface area contributed by atoms with E-state index < -0.39 is 5.69 Å². The van der Waals surface area contributed by atoms with Crippen molar-refractivity contribution < 1.29 is 9.47 Å². The lowest BCUT2D eigenvalue weighted by atomic mass is 10.2. The molecule has 1 aliphatic heterocycles. The van der Waals surface area contributed by atoms with Crippen LogP contribution in [0.25, 0.3) is 16.9 Å². The number of aromatic nitrogens is 4. The molecule has 8 nitrogen and oxygen atoms in total. The van der Waals surface area contributed by atoms with Crippen molar-refractivity contribution in [2.24, 2.45) is 0 Å². The van der Waals surface area contributed by atoms with Gasteiger partial charge in [0.1, 0.15) is 5.52 Å². The van der Waals surface area contributed by atoms with E-state index in [0.717, 1.165) is 25.7 Å². The Morgan fingerprint density at radius 2 is 2.00 bits per heavy atom. The van der Waals surface area contributed by atoms with Gasteiger partial charge in [0.25, 0.3) is 5.56 Å². The van der Waals surface area contributed by atoms with E-state index in [2.05, 4.69) is 16.9 Å². The predicted octanol–water partition coefficient (Wildman–Crippen LogP) is 2.18. The van der Waals surface area contributed by atoms with Gasteiger partial charge in [-0.05, 0) is 18.6 Å². The minimum absolute atomic E-state index is 0.155. The number of aromatic amines is 1. The van der Waals surface area contributed by atoms with Gasteiger partial charge in [0.05, 0.1) is 12.0 Å². The molecule has 0 saturated heterocycles. The molecule has 0 fully saturated rings. The maximum absolute atomic E-state index is 13.1. The van der Waals surface area contributed by atoms with Gasteiger partial charge in [-0.15, -0.1) is 0 Å². The number of benzene rings is 1. The van der Waals surface area contributed by atoms with E-state index in [1.165, 1.54) is 15.5 Å². The highest BCUT2D eigenvalue weighted by Crippen LogP contribution is 2.33. The van der Waals surface area contributed by atoms with E-state index in [0.29, 0.717) is 34.9 Å². The third-order valence-electron chi connectivity index (χ3n) is 4.56. The van der Waals surface area contributed by atoms with Crippen molar-refractivity contribution in [1.29, 1.82) is 0 Å². The number of hydrogen-bond acceptors (Lipinski definition) is 5. The molecular weight excluding hydrogens is 336 g/mol. The minimum Gasteiger partial charge on any atom is -0.454 e. The monoisotopic (exact) mass is 356 g/mol. The molecule has 3 aromatic rings. The Morgan fingerprint density at radius 3 is 2.85 bits per heavy atom. The summed E-state index contributed by atoms with van der Waals surface area (Å²) in [6.07, 6.45) is 5.36. The molecule has 0 unspecified atom stereocenters. The van der Waals surface area contributed by atoms with Crippen LogP contribution in [0.2, 0.25) is 0 Å². The van der Waals surface area contributed by atoms with Crippen LogP contribution >= 0.6 is 0 Å². The van der Waals surface area contributed by atoms with Gasteiger partial charge < -0.3 is 14.5 Å². The van der Waals surface area contributed by atoms with Gasteiger partial charge >= 0.3 is 5.69 Å². The number of nitrogens with one attached hydrogen (secondary N) is 1. The number of imidazole rings is 1. The summed E-state index contributed by atoms with van der Waals surface area (Å²) >= 11 is 0. The Labute approximate surface area is 149 Å². The molecular formula is C18H20N4O4. The fourth-order valence-corrected chi connectivity index (χ4v) is 3.20. The van der Waals surface area contributed by atoms with Gasteiger partial charge in [-0.25, -0.2) is 14.3 Å². The van der Waals surface area contributed by atoms with Gasteiger partial charge in [-0.3, -0.25) is 9.36 Å². The number of rotatable bonds is 6. The lowest BCUT2D eigenvalue weighted by Gasteiger charge is -2.12. The Morgan fingerprint density at radius 1 is 1.15 bits per heavy atom. The second-order valence-electron chi connectivity index (χ2n) is 6.27. The first-order chi connectivity index (χ1) is 12.7. The van der Waals surface area contributed by atoms with Crippen molar-refractivity contribution in [1.82, 2.24) is 19.1 Å². The lowest BCUT2D eigenvalue weighted by molar-refractivity contribution is 0.174. The average Bonchev–Trinajstić information content (AvgIpc) is 3.30. The molecule has 0 amide bonds. The van der Waals surface area contributed by atoms with Crippen molar-refractivity contribution in [3.05, 3.63) is 45.4 Å². The normalized spacial score (nSPS) is 12.8. The Kier molecular flexibility index (Phi) is 4.24. The van der Waals surface area contributed by atoms with Crippen LogP contribution in [-0.4, -0.2) is 25.9 Å². The number of hydrogen-bond donors (Lipinski definition) is 1. The van der Waals surface area contributed by atoms with Gasteiger partial charge in [0.2, 0.25) is 6.79 Å². The summed E-state index contributed by atoms with van der Waals surface area (Å²) in [6, 6.07) is 5.23. The zero-order valence-electron chi connectivity index (χ0n) is 14.5. The zero-order valence-corrected chi connectivity index (χ0v) is 14.5. The second kappa shape index (κ2) is 6.70. The molecule has 3 heterocycles. The molecule has 1 aromatic carbocycles. The molecule has 8 heteroatoms. The Bertz CT molecular complexity index is 1060. The van der Waals surface area contributed by atoms with E-state index in [-0.39, 0.29) is 12.4 Å². The summed E-state index contributed by atoms with van der Waals surface area (Å²) in [6.45, 7) is 2.66. The van der Waals surface area contributed by atoms with Crippen LogP contribution in [0.5, 0.6) is 11.5 Å². The average molecular weight is 356 g/mol. The summed E-state index contributed by atoms with van der Waals surface area (Å²) < 4.78 is 13.4. The molecule has 0 spiro atoms. The van der Waals surface area contributed by atoms with Crippen LogP contribution in [0, 0.1) is 0 Å². The zero-order chi connectivity index (χ0) is 18.1. The van der Waals surface area contributed by atoms with Gasteiger partial charge in [0, 0.05) is 12.6 Å². The van der Waals surface area contributed by atoms with Crippen molar-refractivity contribution in [2.45, 2.75) is 39.2 Å². The Hall–Kier alpha value is -3.03. The first kappa shape index (κ1) is 16.4. The molecule has 0 radical (unpaired) electrons. The summed E-state index contributed by atoms with van der Waals surface area (Å²) in [4.78, 5) is 32.8. The lowest BCUT2D eigenvalue weighted by Crippen LogP contribution is -2.39. The number of ether oxygens (including phenoxy) is 2. The molecule has 1 N–H and O–H groups in total. The predicted molar refractivity (Wildman–Crippen MR) is 96.2 cm³/mol. The van der Waals surface area contributed by atoms with Crippen LogP contribution in [-0.2, 0) is 6.54 Å². The summed E-state index contributed by atoms with van der Waals surface area (Å²) in [5, 5.41) is 0. The summed E-state index contributed by atoms with van der Waals surface area (Å²) in [5.74, 6) is 1.20. The van der Waals surface area contributed by atoms with E-state index in [1.54, 1.807) is 18.2 Å². The van der Waals surface area contributed by atoms with Crippen LogP contribution in [0.3, 0.4) is 0 Å². The first-order valence-electron chi connectivity index (χ1n) is 8.79. The fraction of sp³-hybridized carbons (Fsp3) is 0.389. The number of fused-ring (bicyclic) bond motifs is 2. The smallest absolute Gasteiger partial charge is 0.337 e. The number of H-pyrrole nitrogens is 1. The van der Waals surface area contributed by atoms with Crippen molar-refractivity contribution >= 4 is 11.2 Å². The van der Waals surface area contributed by atoms with Gasteiger partial charge in [-0.1, -0.05) is 26.2 Å². The SMILES string of the molecule is CCCCCCn1c(=O)c2[nH]cnc2n(-c2ccc3c(c2)OCO3)c1=O. The molecule has 4 rings (SSSR count). The minimum atomic E-state index is -0.398. The molecule has 0 saturated carbocycles. The van der Waals surface area contributed by atoms with Crippen LogP contribution in [0.1, 0.15) is 32.6 Å². The maximum atomic E-state index is 13.1. The highest BCUT2D eigenvalue weighted by atomic mass is 16.7. The molecule has 0 atom stereocenters. The van der Waals surface area contributed by atoms with E-state index in [1.807, 2.05) is 0 Å². The number of unbranched alkanes of at least 4 members (excludes halogenated alkanes) is 3. The number of nitrogens with zero attached hydrogens (tertiary/aromatic N) is 3. The quantitative estimate of drug-likeness (QED) is 0.684. The maximum Gasteiger partial charge on any atom is 0.337 e. The summed E-state index contributed by atoms with van der Waals surface area (Å²) in [7, 11) is 0. The van der Waals surface area contributed by atoms with Crippen molar-refractivity contribution in [3.8, 4) is 17.2 Å². The van der Waals surface area contributed by atoms with Crippen molar-refractivity contribution in [3.63, 3.8) is 0 Å². The summed E-state index contributed by atoms with van der Waals surface area (Å²) in [5.41, 5.74) is 0.473. The van der Waals surface area contributed by atoms with Crippen molar-refractivity contribution in [2.75, 3.05) is 6.79 Å². The first-order valence-corrected chi connectivity index (χ1v) is 8.79. The van der Waals surface area contributed by atoms with Gasteiger partial charge in [0.15, 0.2) is 17.1 Å². The van der Waals surface area contributed by atoms with E-state index in [4.69, 9.17) is 9.47 Å². The third kappa shape index (κ3) is 2.67. The molecule has 2 aromatic heterocycles. The van der Waals surface area contributed by atoms with Crippen LogP contribution in [0.15, 0.2) is 34.1 Å². The second-order valence-corrected chi connectivity index (χ2v) is 6.27. The standard InChI is InChI=1S/C18H20N4O4/c1-2-3-4-5-8-21-17(23)15-16(20-10-19-15)22(18(21)24)12-6-7-13-14(9-12)26-11-25-13/h6-7,9-10H,2-5,8,11H2,1H3,(H,19,20). The highest BCUT2D eigenvalue weighted by Gasteiger charge is 2.19. The molecule has 26 heavy (non-hydrogen) atoms. The third-order valence-corrected chi connectivity index (χ3v) is 4.56. The highest BCUT2D eigenvalue weighted by molar-refractivity contribution is 5.71. The topological polar surface area (TPSA) is 91.1 Å².